The molecule has 28 heavy (non-hydrogen) atoms. The van der Waals surface area contributed by atoms with Crippen LogP contribution in [0.1, 0.15) is 17.2 Å². The maximum Gasteiger partial charge on any atom is 0.314 e. The van der Waals surface area contributed by atoms with Gasteiger partial charge in [-0.1, -0.05) is 6.07 Å². The number of hydrogen-bond donors (Lipinski definition) is 6. The number of amidine groups is 1. The Balaban J connectivity index is 2.01. The molecule has 1 atom stereocenters. The number of nitrogens with zero attached hydrogens (tertiary/aromatic N) is 3. The molecule has 2 rings (SSSR count). The van der Waals surface area contributed by atoms with Gasteiger partial charge in [-0.3, -0.25) is 21.1 Å². The highest BCUT2D eigenvalue weighted by atomic mass is 19.1. The lowest BCUT2D eigenvalue weighted by Crippen LogP contribution is -2.41. The number of primary amides is 1. The minimum Gasteiger partial charge on any atom is -0.472 e. The van der Waals surface area contributed by atoms with Crippen molar-refractivity contribution in [1.29, 1.82) is 5.41 Å². The Morgan fingerprint density at radius 3 is 2.82 bits per heavy atom. The van der Waals surface area contributed by atoms with Gasteiger partial charge in [0, 0.05) is 6.54 Å². The van der Waals surface area contributed by atoms with Crippen LogP contribution in [0.15, 0.2) is 28.3 Å². The maximum atomic E-state index is 13.4. The third kappa shape index (κ3) is 4.92. The van der Waals surface area contributed by atoms with Crippen LogP contribution in [0.2, 0.25) is 0 Å². The van der Waals surface area contributed by atoms with E-state index in [0.29, 0.717) is 12.0 Å². The summed E-state index contributed by atoms with van der Waals surface area (Å²) in [5.74, 6) is -1.32. The molecule has 12 heteroatoms. The van der Waals surface area contributed by atoms with Crippen molar-refractivity contribution in [2.75, 3.05) is 26.3 Å². The van der Waals surface area contributed by atoms with Crippen molar-refractivity contribution < 1.29 is 29.4 Å². The van der Waals surface area contributed by atoms with Crippen molar-refractivity contribution in [2.24, 2.45) is 15.9 Å². The van der Waals surface area contributed by atoms with E-state index in [1.807, 2.05) is 0 Å². The molecular formula is C16H21FN6O5. The van der Waals surface area contributed by atoms with E-state index < -0.39 is 29.5 Å². The summed E-state index contributed by atoms with van der Waals surface area (Å²) in [5, 5.41) is 38.1. The first-order chi connectivity index (χ1) is 13.4. The Kier molecular flexibility index (Phi) is 7.23. The number of hydroxylamine groups is 1. The molecule has 2 amide bonds. The number of carbonyl (C=O) groups is 1. The van der Waals surface area contributed by atoms with Crippen LogP contribution in [0.25, 0.3) is 0 Å². The number of aliphatic hydroxyl groups is 1. The monoisotopic (exact) mass is 396 g/mol. The molecule has 1 unspecified atom stereocenters. The minimum atomic E-state index is -0.773. The van der Waals surface area contributed by atoms with E-state index in [0.717, 1.165) is 10.5 Å². The van der Waals surface area contributed by atoms with E-state index in [1.165, 1.54) is 12.1 Å². The number of fused-ring (bicyclic) bond motifs is 1. The number of rotatable bonds is 8. The Labute approximate surface area is 159 Å². The number of aliphatic imine (C=N–C) groups is 1. The van der Waals surface area contributed by atoms with Crippen LogP contribution >= 0.6 is 0 Å². The van der Waals surface area contributed by atoms with Crippen molar-refractivity contribution in [3.05, 3.63) is 35.1 Å². The van der Waals surface area contributed by atoms with E-state index in [-0.39, 0.29) is 32.1 Å². The molecule has 0 saturated heterocycles. The number of nitrogens with one attached hydrogen (secondary N) is 2. The average Bonchev–Trinajstić information content (AvgIpc) is 2.66. The number of nitrogens with two attached hydrogens (primary N) is 1. The molecule has 1 aromatic rings. The van der Waals surface area contributed by atoms with Crippen molar-refractivity contribution in [3.63, 3.8) is 0 Å². The van der Waals surface area contributed by atoms with E-state index in [9.17, 15) is 14.4 Å². The number of hydrogen-bond acceptors (Lipinski definition) is 8. The van der Waals surface area contributed by atoms with Gasteiger partial charge in [0.05, 0.1) is 19.2 Å². The van der Waals surface area contributed by atoms with E-state index >= 15 is 0 Å². The summed E-state index contributed by atoms with van der Waals surface area (Å²) in [6.45, 7) is -0.532. The van der Waals surface area contributed by atoms with E-state index in [1.54, 1.807) is 11.5 Å². The fourth-order valence-corrected chi connectivity index (χ4v) is 2.63. The van der Waals surface area contributed by atoms with Crippen LogP contribution in [0.5, 0.6) is 0 Å². The maximum absolute atomic E-state index is 13.4. The zero-order valence-corrected chi connectivity index (χ0v) is 14.8. The molecule has 1 aliphatic carbocycles. The molecule has 0 aliphatic heterocycles. The van der Waals surface area contributed by atoms with Crippen LogP contribution < -0.4 is 11.2 Å². The van der Waals surface area contributed by atoms with Gasteiger partial charge in [-0.05, 0) is 34.8 Å². The smallest absolute Gasteiger partial charge is 0.314 e. The fourth-order valence-electron chi connectivity index (χ4n) is 2.63. The molecule has 1 aliphatic rings. The number of aliphatic hydroxyl groups excluding tert-OH is 1. The Hall–Kier alpha value is -3.25. The molecule has 11 nitrogen and oxygen atoms in total. The van der Waals surface area contributed by atoms with Crippen molar-refractivity contribution in [3.8, 4) is 0 Å². The van der Waals surface area contributed by atoms with Crippen LogP contribution in [0.4, 0.5) is 9.18 Å². The standard InChI is InChI=1S/C16H21FN6O5/c17-10-2-1-9-7-12(11(9)8-10)20-14(21-26)13(18)15(22-27)28-6-4-23(3-5-24)16(19)25/h1-2,8,12,18,24,26-27H,3-7H2,(H2,19,25)(H,20,21)/b18-13?,22-15+. The van der Waals surface area contributed by atoms with E-state index in [4.69, 9.17) is 26.2 Å². The van der Waals surface area contributed by atoms with Crippen LogP contribution in [-0.2, 0) is 11.2 Å². The first-order valence-corrected chi connectivity index (χ1v) is 8.26. The lowest BCUT2D eigenvalue weighted by molar-refractivity contribution is 0.166. The number of amides is 2. The quantitative estimate of drug-likeness (QED) is 0.156. The molecule has 0 aromatic heterocycles. The van der Waals surface area contributed by atoms with Gasteiger partial charge in [0.25, 0.3) is 5.90 Å². The van der Waals surface area contributed by atoms with Crippen molar-refractivity contribution in [2.45, 2.75) is 12.5 Å². The first-order valence-electron chi connectivity index (χ1n) is 8.26. The molecule has 0 radical (unpaired) electrons. The molecule has 1 aromatic carbocycles. The average molecular weight is 396 g/mol. The van der Waals surface area contributed by atoms with Gasteiger partial charge >= 0.3 is 6.03 Å². The fraction of sp³-hybridized carbons (Fsp3) is 0.375. The normalized spacial score (nSPS) is 16.0. The van der Waals surface area contributed by atoms with Gasteiger partial charge in [0.1, 0.15) is 12.4 Å². The predicted molar refractivity (Wildman–Crippen MR) is 96.3 cm³/mol. The number of carbonyl (C=O) groups excluding carboxylic acids is 1. The largest absolute Gasteiger partial charge is 0.472 e. The van der Waals surface area contributed by atoms with Gasteiger partial charge in [-0.15, -0.1) is 0 Å². The summed E-state index contributed by atoms with van der Waals surface area (Å²) >= 11 is 0. The van der Waals surface area contributed by atoms with E-state index in [2.05, 4.69) is 10.1 Å². The molecular weight excluding hydrogens is 375 g/mol. The highest BCUT2D eigenvalue weighted by Gasteiger charge is 2.28. The van der Waals surface area contributed by atoms with Crippen LogP contribution in [0.3, 0.4) is 0 Å². The van der Waals surface area contributed by atoms with Gasteiger partial charge < -0.3 is 25.7 Å². The zero-order valence-electron chi connectivity index (χ0n) is 14.8. The van der Waals surface area contributed by atoms with Crippen molar-refractivity contribution in [1.82, 2.24) is 10.4 Å². The number of ether oxygens (including phenoxy) is 1. The lowest BCUT2D eigenvalue weighted by atomic mass is 9.83. The summed E-state index contributed by atoms with van der Waals surface area (Å²) in [4.78, 5) is 16.4. The summed E-state index contributed by atoms with van der Waals surface area (Å²) < 4.78 is 18.5. The number of halogens is 1. The van der Waals surface area contributed by atoms with Gasteiger partial charge in [0.15, 0.2) is 11.5 Å². The summed E-state index contributed by atoms with van der Waals surface area (Å²) in [6.07, 6.45) is 0.495. The molecule has 0 fully saturated rings. The van der Waals surface area contributed by atoms with Gasteiger partial charge in [-0.2, -0.15) is 0 Å². The van der Waals surface area contributed by atoms with Crippen LogP contribution in [0, 0.1) is 11.2 Å². The molecule has 152 valence electrons. The summed E-state index contributed by atoms with van der Waals surface area (Å²) in [7, 11) is 0. The third-order valence-corrected chi connectivity index (χ3v) is 4.09. The van der Waals surface area contributed by atoms with Gasteiger partial charge in [-0.25, -0.2) is 9.18 Å². The zero-order chi connectivity index (χ0) is 20.7. The number of oxime groups is 1. The molecule has 0 saturated carbocycles. The minimum absolute atomic E-state index is 0.00963. The molecule has 0 spiro atoms. The lowest BCUT2D eigenvalue weighted by Gasteiger charge is -2.27. The molecule has 0 heterocycles. The molecule has 7 N–H and O–H groups in total. The Morgan fingerprint density at radius 2 is 2.21 bits per heavy atom. The second kappa shape index (κ2) is 9.62. The predicted octanol–water partition coefficient (Wildman–Crippen LogP) is -0.00273. The topological polar surface area (TPSA) is 177 Å². The Bertz CT molecular complexity index is 800. The van der Waals surface area contributed by atoms with Crippen molar-refractivity contribution >= 4 is 23.5 Å². The Morgan fingerprint density at radius 1 is 1.46 bits per heavy atom. The summed E-state index contributed by atoms with van der Waals surface area (Å²) in [6, 6.07) is 3.04. The molecule has 0 bridgehead atoms. The second-order valence-electron chi connectivity index (χ2n) is 5.83. The SMILES string of the molecule is N=C(C(=NC1Cc2ccc(F)cc21)NO)/C(=N\O)OCCN(CCO)C(N)=O. The summed E-state index contributed by atoms with van der Waals surface area (Å²) in [5.41, 5.74) is 7.86. The number of benzene rings is 1. The van der Waals surface area contributed by atoms with Crippen LogP contribution in [-0.4, -0.2) is 70.2 Å². The highest BCUT2D eigenvalue weighted by molar-refractivity contribution is 6.65. The third-order valence-electron chi connectivity index (χ3n) is 4.09. The highest BCUT2D eigenvalue weighted by Crippen LogP contribution is 2.36. The first kappa shape index (κ1) is 21.1. The number of urea groups is 1. The van der Waals surface area contributed by atoms with Gasteiger partial charge in [0.2, 0.25) is 0 Å². The second-order valence-corrected chi connectivity index (χ2v) is 5.83.